The van der Waals surface area contributed by atoms with E-state index in [1.54, 1.807) is 0 Å². The molecule has 70 valence electrons. The molecule has 0 radical (unpaired) electrons. The lowest BCUT2D eigenvalue weighted by molar-refractivity contribution is -0.0622. The molecule has 3 nitrogen and oxygen atoms in total. The summed E-state index contributed by atoms with van der Waals surface area (Å²) in [5, 5.41) is 18.7. The first kappa shape index (κ1) is 11.4. The zero-order chi connectivity index (χ0) is 9.61. The quantitative estimate of drug-likeness (QED) is 0.678. The van der Waals surface area contributed by atoms with Crippen molar-refractivity contribution in [3.63, 3.8) is 0 Å². The van der Waals surface area contributed by atoms with Crippen LogP contribution in [0.25, 0.3) is 0 Å². The molecular formula is C9H17NO2. The van der Waals surface area contributed by atoms with Crippen molar-refractivity contribution in [1.82, 2.24) is 0 Å². The fraction of sp³-hybridized carbons (Fsp3) is 0.889. The van der Waals surface area contributed by atoms with E-state index < -0.39 is 5.60 Å². The third-order valence-corrected chi connectivity index (χ3v) is 2.22. The lowest BCUT2D eigenvalue weighted by Gasteiger charge is -2.29. The van der Waals surface area contributed by atoms with Gasteiger partial charge in [0.25, 0.3) is 0 Å². The van der Waals surface area contributed by atoms with Crippen LogP contribution in [-0.2, 0) is 4.74 Å². The molecule has 0 aliphatic heterocycles. The summed E-state index contributed by atoms with van der Waals surface area (Å²) in [7, 11) is 1.53. The highest BCUT2D eigenvalue weighted by Crippen LogP contribution is 2.23. The summed E-state index contributed by atoms with van der Waals surface area (Å²) >= 11 is 0. The van der Waals surface area contributed by atoms with Crippen LogP contribution in [0, 0.1) is 17.2 Å². The minimum absolute atomic E-state index is 0.232. The predicted molar refractivity (Wildman–Crippen MR) is 46.5 cm³/mol. The summed E-state index contributed by atoms with van der Waals surface area (Å²) < 4.78 is 4.88. The fourth-order valence-electron chi connectivity index (χ4n) is 1.29. The van der Waals surface area contributed by atoms with Gasteiger partial charge in [-0.2, -0.15) is 5.26 Å². The molecule has 0 heterocycles. The molecule has 3 heteroatoms. The van der Waals surface area contributed by atoms with Gasteiger partial charge in [-0.25, -0.2) is 0 Å². The molecule has 0 saturated heterocycles. The summed E-state index contributed by atoms with van der Waals surface area (Å²) in [6, 6.07) is 2.10. The zero-order valence-corrected chi connectivity index (χ0v) is 8.00. The van der Waals surface area contributed by atoms with Crippen molar-refractivity contribution in [3.05, 3.63) is 0 Å². The average Bonchev–Trinajstić information content (AvgIpc) is 2.07. The molecule has 0 aliphatic rings. The van der Waals surface area contributed by atoms with Crippen LogP contribution in [0.15, 0.2) is 0 Å². The van der Waals surface area contributed by atoms with E-state index in [9.17, 15) is 5.11 Å². The molecule has 12 heavy (non-hydrogen) atoms. The Morgan fingerprint density at radius 3 is 2.42 bits per heavy atom. The van der Waals surface area contributed by atoms with Crippen molar-refractivity contribution >= 4 is 0 Å². The maximum absolute atomic E-state index is 9.93. The molecule has 0 aromatic heterocycles. The van der Waals surface area contributed by atoms with Crippen molar-refractivity contribution in [2.45, 2.75) is 32.3 Å². The molecule has 2 unspecified atom stereocenters. The molecule has 0 amide bonds. The Bertz CT molecular complexity index is 164. The second-order valence-corrected chi connectivity index (χ2v) is 2.98. The van der Waals surface area contributed by atoms with E-state index in [0.29, 0.717) is 12.8 Å². The van der Waals surface area contributed by atoms with E-state index in [1.807, 2.05) is 13.8 Å². The summed E-state index contributed by atoms with van der Waals surface area (Å²) in [4.78, 5) is 0. The fourth-order valence-corrected chi connectivity index (χ4v) is 1.29. The molecule has 0 bridgehead atoms. The van der Waals surface area contributed by atoms with E-state index in [-0.39, 0.29) is 12.5 Å². The lowest BCUT2D eigenvalue weighted by Crippen LogP contribution is -2.40. The van der Waals surface area contributed by atoms with Gasteiger partial charge in [-0.15, -0.1) is 0 Å². The Morgan fingerprint density at radius 2 is 2.17 bits per heavy atom. The first-order chi connectivity index (χ1) is 5.64. The van der Waals surface area contributed by atoms with Gasteiger partial charge < -0.3 is 9.84 Å². The van der Waals surface area contributed by atoms with Gasteiger partial charge in [0, 0.05) is 7.11 Å². The second-order valence-electron chi connectivity index (χ2n) is 2.98. The van der Waals surface area contributed by atoms with Gasteiger partial charge in [-0.3, -0.25) is 0 Å². The van der Waals surface area contributed by atoms with Gasteiger partial charge in [-0.05, 0) is 12.8 Å². The topological polar surface area (TPSA) is 53.2 Å². The minimum Gasteiger partial charge on any atom is -0.386 e. The molecule has 0 spiro atoms. The van der Waals surface area contributed by atoms with E-state index in [2.05, 4.69) is 6.07 Å². The van der Waals surface area contributed by atoms with Crippen LogP contribution in [0.2, 0.25) is 0 Å². The van der Waals surface area contributed by atoms with E-state index in [0.717, 1.165) is 0 Å². The number of methoxy groups -OCH3 is 1. The van der Waals surface area contributed by atoms with Gasteiger partial charge in [0.15, 0.2) is 0 Å². The Labute approximate surface area is 74.0 Å². The monoisotopic (exact) mass is 171 g/mol. The van der Waals surface area contributed by atoms with E-state index in [1.165, 1.54) is 7.11 Å². The SMILES string of the molecule is CCC(C#N)C(O)(CC)COC. The third kappa shape index (κ3) is 2.47. The molecule has 1 N–H and O–H groups in total. The Morgan fingerprint density at radius 1 is 1.58 bits per heavy atom. The van der Waals surface area contributed by atoms with Gasteiger partial charge in [0.1, 0.15) is 5.60 Å². The number of hydrogen-bond donors (Lipinski definition) is 1. The summed E-state index contributed by atoms with van der Waals surface area (Å²) in [6.45, 7) is 3.98. The molecule has 0 rings (SSSR count). The van der Waals surface area contributed by atoms with Crippen LogP contribution < -0.4 is 0 Å². The van der Waals surface area contributed by atoms with Gasteiger partial charge in [0.05, 0.1) is 18.6 Å². The number of nitriles is 1. The molecule has 2 atom stereocenters. The van der Waals surface area contributed by atoms with Crippen molar-refractivity contribution in [1.29, 1.82) is 5.26 Å². The number of rotatable bonds is 5. The maximum Gasteiger partial charge on any atom is 0.103 e. The highest BCUT2D eigenvalue weighted by atomic mass is 16.5. The van der Waals surface area contributed by atoms with Crippen LogP contribution in [0.4, 0.5) is 0 Å². The highest BCUT2D eigenvalue weighted by Gasteiger charge is 2.33. The Balaban J connectivity index is 4.38. The molecular weight excluding hydrogens is 154 g/mol. The van der Waals surface area contributed by atoms with Crippen LogP contribution in [-0.4, -0.2) is 24.4 Å². The smallest absolute Gasteiger partial charge is 0.103 e. The van der Waals surface area contributed by atoms with Gasteiger partial charge >= 0.3 is 0 Å². The van der Waals surface area contributed by atoms with Crippen LogP contribution >= 0.6 is 0 Å². The van der Waals surface area contributed by atoms with E-state index >= 15 is 0 Å². The maximum atomic E-state index is 9.93. The highest BCUT2D eigenvalue weighted by molar-refractivity contribution is 4.97. The Kier molecular flexibility index (Phi) is 4.87. The number of aliphatic hydroxyl groups is 1. The van der Waals surface area contributed by atoms with Crippen molar-refractivity contribution in [2.75, 3.05) is 13.7 Å². The molecule has 0 aliphatic carbocycles. The number of nitrogens with zero attached hydrogens (tertiary/aromatic N) is 1. The lowest BCUT2D eigenvalue weighted by atomic mass is 9.85. The molecule has 0 saturated carbocycles. The van der Waals surface area contributed by atoms with Crippen molar-refractivity contribution < 1.29 is 9.84 Å². The van der Waals surface area contributed by atoms with Gasteiger partial charge in [0.2, 0.25) is 0 Å². The molecule has 0 aromatic carbocycles. The Hall–Kier alpha value is -0.590. The largest absolute Gasteiger partial charge is 0.386 e. The minimum atomic E-state index is -0.974. The van der Waals surface area contributed by atoms with Crippen LogP contribution in [0.5, 0.6) is 0 Å². The van der Waals surface area contributed by atoms with E-state index in [4.69, 9.17) is 10.00 Å². The third-order valence-electron chi connectivity index (χ3n) is 2.22. The number of ether oxygens (including phenoxy) is 1. The van der Waals surface area contributed by atoms with Crippen LogP contribution in [0.1, 0.15) is 26.7 Å². The summed E-state index contributed by atoms with van der Waals surface area (Å²) in [5.41, 5.74) is -0.974. The van der Waals surface area contributed by atoms with Crippen molar-refractivity contribution in [2.24, 2.45) is 5.92 Å². The average molecular weight is 171 g/mol. The molecule has 0 fully saturated rings. The van der Waals surface area contributed by atoms with Crippen molar-refractivity contribution in [3.8, 4) is 6.07 Å². The second kappa shape index (κ2) is 5.13. The first-order valence-corrected chi connectivity index (χ1v) is 4.25. The normalized spacial score (nSPS) is 17.9. The van der Waals surface area contributed by atoms with Crippen LogP contribution in [0.3, 0.4) is 0 Å². The van der Waals surface area contributed by atoms with Gasteiger partial charge in [-0.1, -0.05) is 13.8 Å². The standard InChI is InChI=1S/C9H17NO2/c1-4-8(6-10)9(11,5-2)7-12-3/h8,11H,4-5,7H2,1-3H3. The first-order valence-electron chi connectivity index (χ1n) is 4.25. The number of hydrogen-bond acceptors (Lipinski definition) is 3. The summed E-state index contributed by atoms with van der Waals surface area (Å²) in [6.07, 6.45) is 1.21. The molecule has 0 aromatic rings. The zero-order valence-electron chi connectivity index (χ0n) is 8.00. The predicted octanol–water partition coefficient (Wildman–Crippen LogP) is 1.32. The summed E-state index contributed by atoms with van der Waals surface area (Å²) in [5.74, 6) is -0.331.